The highest BCUT2D eigenvalue weighted by atomic mass is 16.5. The molecule has 0 aliphatic rings. The Kier molecular flexibility index (Phi) is 32.8. The van der Waals surface area contributed by atoms with Crippen molar-refractivity contribution in [3.63, 3.8) is 0 Å². The summed E-state index contributed by atoms with van der Waals surface area (Å²) in [4.78, 5) is 34.6. The molecule has 2 N–H and O–H groups in total. The number of rotatable bonds is 32. The number of ether oxygens (including phenoxy) is 1. The fourth-order valence-electron chi connectivity index (χ4n) is 5.01. The number of esters is 1. The molecule has 0 saturated carbocycles. The molecule has 6 heteroatoms. The third-order valence-corrected chi connectivity index (χ3v) is 7.70. The van der Waals surface area contributed by atoms with Crippen molar-refractivity contribution in [2.75, 3.05) is 6.54 Å². The second kappa shape index (κ2) is 35.0. The number of hydrogen-bond donors (Lipinski definition) is 2. The third-order valence-electron chi connectivity index (χ3n) is 7.70. The van der Waals surface area contributed by atoms with Crippen molar-refractivity contribution in [3.05, 3.63) is 60.8 Å². The van der Waals surface area contributed by atoms with Gasteiger partial charge in [0.2, 0.25) is 5.91 Å². The zero-order valence-electron chi connectivity index (χ0n) is 29.4. The Bertz CT molecular complexity index is 886. The number of nitrogens with one attached hydrogen (secondary N) is 1. The first-order chi connectivity index (χ1) is 22.5. The Labute approximate surface area is 281 Å². The summed E-state index contributed by atoms with van der Waals surface area (Å²) >= 11 is 0. The lowest BCUT2D eigenvalue weighted by molar-refractivity contribution is -0.150. The van der Waals surface area contributed by atoms with Crippen LogP contribution in [0.15, 0.2) is 60.8 Å². The van der Waals surface area contributed by atoms with E-state index in [1.807, 2.05) is 0 Å². The van der Waals surface area contributed by atoms with E-state index in [0.717, 1.165) is 96.3 Å². The lowest BCUT2D eigenvalue weighted by Gasteiger charge is -2.18. The molecule has 0 rings (SSSR count). The molecule has 0 fully saturated rings. The summed E-state index contributed by atoms with van der Waals surface area (Å²) in [5.41, 5.74) is 0. The summed E-state index contributed by atoms with van der Waals surface area (Å²) in [5.74, 6) is -1.34. The predicted octanol–water partition coefficient (Wildman–Crippen LogP) is 10.9. The average Bonchev–Trinajstić information content (AvgIpc) is 3.03. The van der Waals surface area contributed by atoms with Gasteiger partial charge in [0.1, 0.15) is 12.6 Å². The standard InChI is InChI=1S/C40H67NO5/c1-3-5-7-8-9-10-11-12-13-14-15-16-17-18-19-20-21-22-23-24-25-26-31-35-40(45)46-37(32-28-6-4-2)33-29-27-30-34-38(42)41-36-39(43)44/h5,7,9-10,12-13,15-16,18-19,37H,3-4,6,8,11,14,17,20-36H2,1-2H3,(H,41,42)(H,43,44)/b7-5-,10-9-,13-12-,16-15-,19-18-. The normalized spacial score (nSPS) is 12.7. The number of carbonyl (C=O) groups excluding carboxylic acids is 2. The van der Waals surface area contributed by atoms with E-state index in [-0.39, 0.29) is 24.5 Å². The molecule has 1 amide bonds. The van der Waals surface area contributed by atoms with Crippen molar-refractivity contribution < 1.29 is 24.2 Å². The molecule has 262 valence electrons. The molecule has 0 saturated heterocycles. The first-order valence-corrected chi connectivity index (χ1v) is 18.4. The molecule has 46 heavy (non-hydrogen) atoms. The molecule has 6 nitrogen and oxygen atoms in total. The van der Waals surface area contributed by atoms with Crippen LogP contribution in [0, 0.1) is 0 Å². The summed E-state index contributed by atoms with van der Waals surface area (Å²) in [5, 5.41) is 11.0. The maximum atomic E-state index is 12.5. The van der Waals surface area contributed by atoms with Gasteiger partial charge < -0.3 is 15.2 Å². The van der Waals surface area contributed by atoms with E-state index in [1.54, 1.807) is 0 Å². The van der Waals surface area contributed by atoms with Crippen LogP contribution in [0.2, 0.25) is 0 Å². The fraction of sp³-hybridized carbons (Fsp3) is 0.675. The van der Waals surface area contributed by atoms with E-state index in [0.29, 0.717) is 19.3 Å². The highest BCUT2D eigenvalue weighted by Gasteiger charge is 2.14. The van der Waals surface area contributed by atoms with Gasteiger partial charge >= 0.3 is 11.9 Å². The molecule has 0 aromatic carbocycles. The molecule has 0 aliphatic carbocycles. The summed E-state index contributed by atoms with van der Waals surface area (Å²) in [7, 11) is 0. The molecular formula is C40H67NO5. The lowest BCUT2D eigenvalue weighted by atomic mass is 10.0. The summed E-state index contributed by atoms with van der Waals surface area (Å²) < 4.78 is 5.84. The van der Waals surface area contributed by atoms with Gasteiger partial charge in [-0.1, -0.05) is 126 Å². The van der Waals surface area contributed by atoms with Gasteiger partial charge in [-0.2, -0.15) is 0 Å². The maximum absolute atomic E-state index is 12.5. The van der Waals surface area contributed by atoms with E-state index in [1.165, 1.54) is 32.1 Å². The van der Waals surface area contributed by atoms with Crippen LogP contribution in [0.3, 0.4) is 0 Å². The Morgan fingerprint density at radius 2 is 1.07 bits per heavy atom. The van der Waals surface area contributed by atoms with Gasteiger partial charge in [-0.15, -0.1) is 0 Å². The molecule has 1 atom stereocenters. The van der Waals surface area contributed by atoms with E-state index < -0.39 is 5.97 Å². The Morgan fingerprint density at radius 3 is 1.63 bits per heavy atom. The predicted molar refractivity (Wildman–Crippen MR) is 194 cm³/mol. The minimum absolute atomic E-state index is 0.0390. The summed E-state index contributed by atoms with van der Waals surface area (Å²) in [6.07, 6.45) is 45.2. The van der Waals surface area contributed by atoms with Crippen LogP contribution in [-0.2, 0) is 19.1 Å². The number of carboxylic acids is 1. The van der Waals surface area contributed by atoms with Gasteiger partial charge in [-0.3, -0.25) is 14.4 Å². The topological polar surface area (TPSA) is 92.7 Å². The van der Waals surface area contributed by atoms with Gasteiger partial charge in [0.25, 0.3) is 0 Å². The number of allylic oxidation sites excluding steroid dienone is 10. The quantitative estimate of drug-likeness (QED) is 0.0433. The molecule has 0 bridgehead atoms. The Morgan fingerprint density at radius 1 is 0.587 bits per heavy atom. The largest absolute Gasteiger partial charge is 0.480 e. The first kappa shape index (κ1) is 43.1. The van der Waals surface area contributed by atoms with Crippen molar-refractivity contribution >= 4 is 17.8 Å². The number of amides is 1. The number of carbonyl (C=O) groups is 3. The van der Waals surface area contributed by atoms with E-state index >= 15 is 0 Å². The van der Waals surface area contributed by atoms with Crippen LogP contribution >= 0.6 is 0 Å². The number of aliphatic carboxylic acids is 1. The molecule has 0 spiro atoms. The molecule has 1 unspecified atom stereocenters. The van der Waals surface area contributed by atoms with Gasteiger partial charge in [0.05, 0.1) is 0 Å². The molecule has 0 heterocycles. The van der Waals surface area contributed by atoms with Crippen LogP contribution in [0.25, 0.3) is 0 Å². The van der Waals surface area contributed by atoms with Crippen molar-refractivity contribution in [2.24, 2.45) is 0 Å². The average molecular weight is 642 g/mol. The van der Waals surface area contributed by atoms with E-state index in [9.17, 15) is 14.4 Å². The molecule has 0 aromatic heterocycles. The molecule has 0 aromatic rings. The Hall–Kier alpha value is -2.89. The zero-order valence-corrected chi connectivity index (χ0v) is 29.4. The summed E-state index contributed by atoms with van der Waals surface area (Å²) in [6, 6.07) is 0. The van der Waals surface area contributed by atoms with Crippen molar-refractivity contribution in [1.29, 1.82) is 0 Å². The van der Waals surface area contributed by atoms with Crippen LogP contribution in [0.4, 0.5) is 0 Å². The molecule has 0 aliphatic heterocycles. The zero-order chi connectivity index (χ0) is 33.8. The van der Waals surface area contributed by atoms with Crippen molar-refractivity contribution in [1.82, 2.24) is 5.32 Å². The number of unbranched alkanes of at least 4 members (excludes halogenated alkanes) is 11. The van der Waals surface area contributed by atoms with Gasteiger partial charge in [0.15, 0.2) is 0 Å². The van der Waals surface area contributed by atoms with Crippen molar-refractivity contribution in [3.8, 4) is 0 Å². The van der Waals surface area contributed by atoms with Crippen LogP contribution in [-0.4, -0.2) is 35.6 Å². The molecular weight excluding hydrogens is 574 g/mol. The Balaban J connectivity index is 3.80. The van der Waals surface area contributed by atoms with Crippen LogP contribution < -0.4 is 5.32 Å². The fourth-order valence-corrected chi connectivity index (χ4v) is 5.01. The van der Waals surface area contributed by atoms with Gasteiger partial charge in [-0.05, 0) is 83.5 Å². The highest BCUT2D eigenvalue weighted by Crippen LogP contribution is 2.17. The monoisotopic (exact) mass is 642 g/mol. The van der Waals surface area contributed by atoms with Gasteiger partial charge in [0, 0.05) is 12.8 Å². The van der Waals surface area contributed by atoms with Crippen LogP contribution in [0.1, 0.15) is 162 Å². The van der Waals surface area contributed by atoms with Crippen LogP contribution in [0.5, 0.6) is 0 Å². The maximum Gasteiger partial charge on any atom is 0.322 e. The van der Waals surface area contributed by atoms with E-state index in [4.69, 9.17) is 9.84 Å². The first-order valence-electron chi connectivity index (χ1n) is 18.4. The third kappa shape index (κ3) is 34.0. The smallest absolute Gasteiger partial charge is 0.322 e. The SMILES string of the molecule is CC/C=C\C/C=C\C/C=C\C/C=C\C/C=C\CCCCCCCCCC(=O)OC(CCCCC)CCCCCC(=O)NCC(=O)O. The second-order valence-electron chi connectivity index (χ2n) is 12.1. The van der Waals surface area contributed by atoms with Gasteiger partial charge in [-0.25, -0.2) is 0 Å². The minimum Gasteiger partial charge on any atom is -0.480 e. The highest BCUT2D eigenvalue weighted by molar-refractivity contribution is 5.80. The molecule has 0 radical (unpaired) electrons. The van der Waals surface area contributed by atoms with Crippen molar-refractivity contribution in [2.45, 2.75) is 168 Å². The second-order valence-corrected chi connectivity index (χ2v) is 12.1. The lowest BCUT2D eigenvalue weighted by Crippen LogP contribution is -2.28. The minimum atomic E-state index is -1.03. The number of carboxylic acid groups (broad SMARTS) is 1. The number of hydrogen-bond acceptors (Lipinski definition) is 4. The summed E-state index contributed by atoms with van der Waals surface area (Å²) in [6.45, 7) is 3.99. The van der Waals surface area contributed by atoms with E-state index in [2.05, 4.69) is 79.9 Å².